The number of nitrogens with one attached hydrogen (secondary N) is 1. The standard InChI is InChI=1S/C12H15N3/c1-2-4-12-11(3-1)5-8-15(12)14-9-6-13-7-10-14/h1-5,8,13H,6-7,9-10H2. The van der Waals surface area contributed by atoms with Gasteiger partial charge in [0, 0.05) is 37.8 Å². The minimum Gasteiger partial charge on any atom is -0.313 e. The van der Waals surface area contributed by atoms with Crippen molar-refractivity contribution in [2.45, 2.75) is 0 Å². The van der Waals surface area contributed by atoms with Crippen molar-refractivity contribution in [2.24, 2.45) is 0 Å². The second-order valence-corrected chi connectivity index (χ2v) is 3.92. The number of rotatable bonds is 1. The first-order valence-electron chi connectivity index (χ1n) is 5.47. The predicted octanol–water partition coefficient (Wildman–Crippen LogP) is 1.18. The molecule has 1 aromatic carbocycles. The largest absolute Gasteiger partial charge is 0.313 e. The third-order valence-corrected chi connectivity index (χ3v) is 2.98. The van der Waals surface area contributed by atoms with Crippen molar-refractivity contribution in [1.29, 1.82) is 0 Å². The van der Waals surface area contributed by atoms with E-state index in [4.69, 9.17) is 0 Å². The fourth-order valence-electron chi connectivity index (χ4n) is 2.18. The summed E-state index contributed by atoms with van der Waals surface area (Å²) >= 11 is 0. The fourth-order valence-corrected chi connectivity index (χ4v) is 2.18. The van der Waals surface area contributed by atoms with Crippen LogP contribution in [-0.4, -0.2) is 30.9 Å². The van der Waals surface area contributed by atoms with Crippen LogP contribution in [0.2, 0.25) is 0 Å². The number of aromatic nitrogens is 1. The summed E-state index contributed by atoms with van der Waals surface area (Å²) in [4.78, 5) is 0. The Bertz CT molecular complexity index is 455. The molecule has 1 N–H and O–H groups in total. The first-order chi connectivity index (χ1) is 7.45. The van der Waals surface area contributed by atoms with E-state index in [-0.39, 0.29) is 0 Å². The lowest BCUT2D eigenvalue weighted by Crippen LogP contribution is -2.48. The Kier molecular flexibility index (Phi) is 2.10. The molecule has 1 saturated heterocycles. The predicted molar refractivity (Wildman–Crippen MR) is 62.8 cm³/mol. The SMILES string of the molecule is c1ccc2c(c1)ccn2N1CCNCC1. The molecule has 15 heavy (non-hydrogen) atoms. The summed E-state index contributed by atoms with van der Waals surface area (Å²) in [6.45, 7) is 4.32. The van der Waals surface area contributed by atoms with E-state index in [0.29, 0.717) is 0 Å². The zero-order chi connectivity index (χ0) is 10.1. The molecule has 0 saturated carbocycles. The topological polar surface area (TPSA) is 20.2 Å². The van der Waals surface area contributed by atoms with E-state index in [9.17, 15) is 0 Å². The number of piperazine rings is 1. The molecule has 3 heteroatoms. The summed E-state index contributed by atoms with van der Waals surface area (Å²) in [6.07, 6.45) is 2.16. The molecule has 0 bridgehead atoms. The van der Waals surface area contributed by atoms with Gasteiger partial charge in [0.2, 0.25) is 0 Å². The molecule has 0 radical (unpaired) electrons. The fraction of sp³-hybridized carbons (Fsp3) is 0.333. The molecule has 3 nitrogen and oxygen atoms in total. The van der Waals surface area contributed by atoms with E-state index < -0.39 is 0 Å². The molecule has 2 aromatic rings. The monoisotopic (exact) mass is 201 g/mol. The molecule has 78 valence electrons. The number of para-hydroxylation sites is 1. The minimum absolute atomic E-state index is 1.08. The maximum absolute atomic E-state index is 3.37. The highest BCUT2D eigenvalue weighted by atomic mass is 15.6. The van der Waals surface area contributed by atoms with Gasteiger partial charge in [0.15, 0.2) is 0 Å². The van der Waals surface area contributed by atoms with E-state index in [0.717, 1.165) is 26.2 Å². The first kappa shape index (κ1) is 8.80. The van der Waals surface area contributed by atoms with Crippen LogP contribution < -0.4 is 10.3 Å². The molecule has 3 rings (SSSR count). The zero-order valence-electron chi connectivity index (χ0n) is 8.69. The average Bonchev–Trinajstić information content (AvgIpc) is 2.74. The van der Waals surface area contributed by atoms with Crippen LogP contribution in [0.1, 0.15) is 0 Å². The molecule has 0 aliphatic carbocycles. The summed E-state index contributed by atoms with van der Waals surface area (Å²) in [6, 6.07) is 10.7. The molecule has 2 heterocycles. The first-order valence-corrected chi connectivity index (χ1v) is 5.47. The molecule has 0 unspecified atom stereocenters. The quantitative estimate of drug-likeness (QED) is 0.747. The van der Waals surface area contributed by atoms with Crippen LogP contribution in [0.15, 0.2) is 36.5 Å². The van der Waals surface area contributed by atoms with Gasteiger partial charge in [0.05, 0.1) is 5.52 Å². The third kappa shape index (κ3) is 1.49. The second-order valence-electron chi connectivity index (χ2n) is 3.92. The van der Waals surface area contributed by atoms with Crippen LogP contribution in [0.3, 0.4) is 0 Å². The maximum Gasteiger partial charge on any atom is 0.0694 e. The minimum atomic E-state index is 1.08. The van der Waals surface area contributed by atoms with Crippen molar-refractivity contribution in [1.82, 2.24) is 9.99 Å². The third-order valence-electron chi connectivity index (χ3n) is 2.98. The summed E-state index contributed by atoms with van der Waals surface area (Å²) in [7, 11) is 0. The summed E-state index contributed by atoms with van der Waals surface area (Å²) in [5.74, 6) is 0. The van der Waals surface area contributed by atoms with Crippen LogP contribution in [0.4, 0.5) is 0 Å². The smallest absolute Gasteiger partial charge is 0.0694 e. The summed E-state index contributed by atoms with van der Waals surface area (Å²) in [5, 5.41) is 7.07. The van der Waals surface area contributed by atoms with Gasteiger partial charge in [-0.05, 0) is 12.1 Å². The lowest BCUT2D eigenvalue weighted by atomic mass is 10.2. The van der Waals surface area contributed by atoms with Crippen molar-refractivity contribution in [3.63, 3.8) is 0 Å². The molecule has 1 aromatic heterocycles. The van der Waals surface area contributed by atoms with Gasteiger partial charge in [0.1, 0.15) is 0 Å². The van der Waals surface area contributed by atoms with Gasteiger partial charge in [-0.25, -0.2) is 0 Å². The van der Waals surface area contributed by atoms with Crippen LogP contribution >= 0.6 is 0 Å². The van der Waals surface area contributed by atoms with E-state index in [1.807, 2.05) is 0 Å². The molecule has 0 atom stereocenters. The van der Waals surface area contributed by atoms with Gasteiger partial charge in [-0.1, -0.05) is 18.2 Å². The second kappa shape index (κ2) is 3.59. The van der Waals surface area contributed by atoms with Gasteiger partial charge in [-0.2, -0.15) is 0 Å². The highest BCUT2D eigenvalue weighted by Crippen LogP contribution is 2.15. The Labute approximate surface area is 89.3 Å². The van der Waals surface area contributed by atoms with Crippen molar-refractivity contribution < 1.29 is 0 Å². The van der Waals surface area contributed by atoms with Crippen LogP contribution in [0.25, 0.3) is 10.9 Å². The number of nitrogens with zero attached hydrogens (tertiary/aromatic N) is 2. The van der Waals surface area contributed by atoms with Gasteiger partial charge < -0.3 is 10.3 Å². The highest BCUT2D eigenvalue weighted by Gasteiger charge is 2.11. The number of hydrogen-bond acceptors (Lipinski definition) is 2. The Hall–Kier alpha value is -1.48. The number of fused-ring (bicyclic) bond motifs is 1. The van der Waals surface area contributed by atoms with Crippen LogP contribution in [0.5, 0.6) is 0 Å². The average molecular weight is 201 g/mol. The normalized spacial score (nSPS) is 17.2. The summed E-state index contributed by atoms with van der Waals surface area (Å²) < 4.78 is 2.27. The van der Waals surface area contributed by atoms with Crippen molar-refractivity contribution >= 4 is 10.9 Å². The molecule has 1 aliphatic rings. The number of hydrogen-bond donors (Lipinski definition) is 1. The van der Waals surface area contributed by atoms with Gasteiger partial charge >= 0.3 is 0 Å². The molecular weight excluding hydrogens is 186 g/mol. The molecule has 1 aliphatic heterocycles. The van der Waals surface area contributed by atoms with E-state index >= 15 is 0 Å². The Balaban J connectivity index is 2.02. The van der Waals surface area contributed by atoms with Crippen molar-refractivity contribution in [3.8, 4) is 0 Å². The van der Waals surface area contributed by atoms with E-state index in [1.165, 1.54) is 10.9 Å². The van der Waals surface area contributed by atoms with Crippen LogP contribution in [0, 0.1) is 0 Å². The lowest BCUT2D eigenvalue weighted by molar-refractivity contribution is 0.500. The summed E-state index contributed by atoms with van der Waals surface area (Å²) in [5.41, 5.74) is 1.31. The zero-order valence-corrected chi connectivity index (χ0v) is 8.69. The lowest BCUT2D eigenvalue weighted by Gasteiger charge is -2.31. The Morgan fingerprint density at radius 2 is 1.80 bits per heavy atom. The van der Waals surface area contributed by atoms with Crippen molar-refractivity contribution in [3.05, 3.63) is 36.5 Å². The van der Waals surface area contributed by atoms with Gasteiger partial charge in [-0.3, -0.25) is 4.68 Å². The molecule has 1 fully saturated rings. The van der Waals surface area contributed by atoms with Crippen molar-refractivity contribution in [2.75, 3.05) is 31.2 Å². The van der Waals surface area contributed by atoms with E-state index in [1.54, 1.807) is 0 Å². The molecule has 0 spiro atoms. The van der Waals surface area contributed by atoms with Gasteiger partial charge in [-0.15, -0.1) is 0 Å². The maximum atomic E-state index is 3.37. The Morgan fingerprint density at radius 1 is 1.00 bits per heavy atom. The molecular formula is C12H15N3. The van der Waals surface area contributed by atoms with Gasteiger partial charge in [0.25, 0.3) is 0 Å². The highest BCUT2D eigenvalue weighted by molar-refractivity contribution is 5.80. The number of benzene rings is 1. The Morgan fingerprint density at radius 3 is 2.67 bits per heavy atom. The van der Waals surface area contributed by atoms with E-state index in [2.05, 4.69) is 51.5 Å². The molecule has 0 amide bonds. The van der Waals surface area contributed by atoms with Crippen LogP contribution in [-0.2, 0) is 0 Å².